The van der Waals surface area contributed by atoms with Gasteiger partial charge >= 0.3 is 0 Å². The zero-order valence-corrected chi connectivity index (χ0v) is 22.0. The van der Waals surface area contributed by atoms with Crippen molar-refractivity contribution in [1.82, 2.24) is 15.3 Å². The minimum absolute atomic E-state index is 0.125. The van der Waals surface area contributed by atoms with Gasteiger partial charge in [-0.3, -0.25) is 4.79 Å². The number of hydrogen-bond donors (Lipinski definition) is 2. The van der Waals surface area contributed by atoms with Crippen LogP contribution >= 0.6 is 0 Å². The van der Waals surface area contributed by atoms with E-state index >= 15 is 0 Å². The number of aromatic nitrogens is 2. The largest absolute Gasteiger partial charge is 0.493 e. The van der Waals surface area contributed by atoms with Gasteiger partial charge in [-0.1, -0.05) is 13.0 Å². The number of nitrogens with zero attached hydrogens (tertiary/aromatic N) is 2. The van der Waals surface area contributed by atoms with Gasteiger partial charge in [-0.15, -0.1) is 0 Å². The molecule has 0 spiro atoms. The molecule has 1 aromatic heterocycles. The Bertz CT molecular complexity index is 1440. The molecule has 8 nitrogen and oxygen atoms in total. The van der Waals surface area contributed by atoms with Crippen LogP contribution in [0.4, 0.5) is 11.5 Å². The minimum atomic E-state index is -0.278. The summed E-state index contributed by atoms with van der Waals surface area (Å²) in [5, 5.41) is 7.22. The third kappa shape index (κ3) is 5.91. The number of hydrogen-bond acceptors (Lipinski definition) is 7. The first-order valence-corrected chi connectivity index (χ1v) is 12.1. The van der Waals surface area contributed by atoms with Gasteiger partial charge in [-0.05, 0) is 75.2 Å². The van der Waals surface area contributed by atoms with Gasteiger partial charge in [0.05, 0.1) is 19.7 Å². The number of ether oxygens (including phenoxy) is 3. The van der Waals surface area contributed by atoms with Gasteiger partial charge in [0.25, 0.3) is 5.91 Å². The summed E-state index contributed by atoms with van der Waals surface area (Å²) in [4.78, 5) is 21.5. The van der Waals surface area contributed by atoms with Gasteiger partial charge in [-0.25, -0.2) is 9.97 Å². The number of methoxy groups -OCH3 is 2. The fraction of sp³-hybridized carbons (Fsp3) is 0.276. The van der Waals surface area contributed by atoms with Crippen LogP contribution in [0.2, 0.25) is 0 Å². The maximum atomic E-state index is 12.7. The Balaban J connectivity index is 1.54. The highest BCUT2D eigenvalue weighted by Crippen LogP contribution is 2.35. The Morgan fingerprint density at radius 2 is 1.70 bits per heavy atom. The highest BCUT2D eigenvalue weighted by molar-refractivity contribution is 5.95. The first-order valence-electron chi connectivity index (χ1n) is 12.1. The van der Waals surface area contributed by atoms with Crippen LogP contribution in [0.3, 0.4) is 0 Å². The Kier molecular flexibility index (Phi) is 7.47. The van der Waals surface area contributed by atoms with Crippen LogP contribution < -0.4 is 24.8 Å². The maximum Gasteiger partial charge on any atom is 0.251 e. The van der Waals surface area contributed by atoms with E-state index in [0.717, 1.165) is 28.6 Å². The molecule has 0 aliphatic heterocycles. The van der Waals surface area contributed by atoms with Gasteiger partial charge in [-0.2, -0.15) is 0 Å². The normalized spacial score (nSPS) is 11.2. The van der Waals surface area contributed by atoms with E-state index in [9.17, 15) is 4.79 Å². The van der Waals surface area contributed by atoms with Crippen molar-refractivity contribution in [1.29, 1.82) is 0 Å². The van der Waals surface area contributed by atoms with E-state index in [2.05, 4.69) is 20.6 Å². The molecule has 0 unspecified atom stereocenters. The number of rotatable bonds is 9. The lowest BCUT2D eigenvalue weighted by atomic mass is 10.0. The molecule has 3 aromatic carbocycles. The highest BCUT2D eigenvalue weighted by Gasteiger charge is 2.19. The topological polar surface area (TPSA) is 94.6 Å². The fourth-order valence-electron chi connectivity index (χ4n) is 3.76. The van der Waals surface area contributed by atoms with Crippen LogP contribution in [0.15, 0.2) is 60.9 Å². The zero-order valence-electron chi connectivity index (χ0n) is 22.0. The SMILES string of the molecule is CCC(C)(C)NC(=O)c1cccc(Oc2ccc(Nc3ncnc4cc(OC)c(OC)cc34)cc2C)c1. The smallest absolute Gasteiger partial charge is 0.251 e. The fourth-order valence-corrected chi connectivity index (χ4v) is 3.76. The Morgan fingerprint density at radius 3 is 2.41 bits per heavy atom. The second kappa shape index (κ2) is 10.7. The Labute approximate surface area is 217 Å². The van der Waals surface area contributed by atoms with Gasteiger partial charge in [0, 0.05) is 28.2 Å². The number of anilines is 2. The number of benzene rings is 3. The summed E-state index contributed by atoms with van der Waals surface area (Å²) in [7, 11) is 3.19. The molecule has 4 rings (SSSR count). The van der Waals surface area contributed by atoms with E-state index < -0.39 is 0 Å². The molecule has 0 saturated heterocycles. The molecule has 2 N–H and O–H groups in total. The number of carbonyl (C=O) groups is 1. The van der Waals surface area contributed by atoms with E-state index in [1.165, 1.54) is 6.33 Å². The molecule has 0 bridgehead atoms. The lowest BCUT2D eigenvalue weighted by Crippen LogP contribution is -2.42. The summed E-state index contributed by atoms with van der Waals surface area (Å²) in [6.45, 7) is 8.01. The molecule has 0 aliphatic carbocycles. The molecule has 8 heteroatoms. The van der Waals surface area contributed by atoms with Crippen LogP contribution in [0.5, 0.6) is 23.0 Å². The third-order valence-electron chi connectivity index (χ3n) is 6.24. The van der Waals surface area contributed by atoms with E-state index in [-0.39, 0.29) is 11.4 Å². The molecule has 1 heterocycles. The lowest BCUT2D eigenvalue weighted by Gasteiger charge is -2.24. The van der Waals surface area contributed by atoms with Crippen molar-refractivity contribution in [2.45, 2.75) is 39.7 Å². The highest BCUT2D eigenvalue weighted by atomic mass is 16.5. The van der Waals surface area contributed by atoms with Gasteiger partial charge in [0.2, 0.25) is 0 Å². The van der Waals surface area contributed by atoms with Crippen LogP contribution in [0, 0.1) is 6.92 Å². The molecule has 1 amide bonds. The number of amides is 1. The Hall–Kier alpha value is -4.33. The molecular weight excluding hydrogens is 468 g/mol. The molecule has 37 heavy (non-hydrogen) atoms. The van der Waals surface area contributed by atoms with Crippen LogP contribution in [-0.4, -0.2) is 35.6 Å². The summed E-state index contributed by atoms with van der Waals surface area (Å²) < 4.78 is 17.0. The van der Waals surface area contributed by atoms with E-state index in [4.69, 9.17) is 14.2 Å². The third-order valence-corrected chi connectivity index (χ3v) is 6.24. The number of nitrogens with one attached hydrogen (secondary N) is 2. The van der Waals surface area contributed by atoms with E-state index in [1.54, 1.807) is 26.4 Å². The standard InChI is InChI=1S/C29H32N4O4/c1-7-29(3,4)33-28(34)19-9-8-10-21(14-19)37-24-12-11-20(13-18(24)2)32-27-22-15-25(35-5)26(36-6)16-23(22)30-17-31-27/h8-17H,7H2,1-6H3,(H,33,34)(H,30,31,32). The summed E-state index contributed by atoms with van der Waals surface area (Å²) in [6.07, 6.45) is 2.34. The predicted molar refractivity (Wildman–Crippen MR) is 145 cm³/mol. The molecule has 192 valence electrons. The van der Waals surface area contributed by atoms with Crippen molar-refractivity contribution in [3.63, 3.8) is 0 Å². The van der Waals surface area contributed by atoms with Crippen molar-refractivity contribution >= 4 is 28.3 Å². The second-order valence-corrected chi connectivity index (χ2v) is 9.37. The molecule has 0 aliphatic rings. The van der Waals surface area contributed by atoms with Crippen LogP contribution in [0.25, 0.3) is 10.9 Å². The van der Waals surface area contributed by atoms with Crippen LogP contribution in [-0.2, 0) is 0 Å². The molecule has 4 aromatic rings. The van der Waals surface area contributed by atoms with Crippen molar-refractivity contribution in [2.75, 3.05) is 19.5 Å². The lowest BCUT2D eigenvalue weighted by molar-refractivity contribution is 0.0911. The molecule has 0 saturated carbocycles. The van der Waals surface area contributed by atoms with Crippen molar-refractivity contribution in [3.8, 4) is 23.0 Å². The zero-order chi connectivity index (χ0) is 26.6. The van der Waals surface area contributed by atoms with E-state index in [0.29, 0.717) is 34.4 Å². The summed E-state index contributed by atoms with van der Waals surface area (Å²) >= 11 is 0. The molecule has 0 fully saturated rings. The summed E-state index contributed by atoms with van der Waals surface area (Å²) in [6, 6.07) is 16.6. The maximum absolute atomic E-state index is 12.7. The predicted octanol–water partition coefficient (Wildman–Crippen LogP) is 6.41. The van der Waals surface area contributed by atoms with Gasteiger partial charge < -0.3 is 24.8 Å². The van der Waals surface area contributed by atoms with E-state index in [1.807, 2.05) is 70.2 Å². The summed E-state index contributed by atoms with van der Waals surface area (Å²) in [5.74, 6) is 3.01. The first-order chi connectivity index (χ1) is 17.7. The second-order valence-electron chi connectivity index (χ2n) is 9.37. The van der Waals surface area contributed by atoms with Crippen LogP contribution in [0.1, 0.15) is 43.1 Å². The average molecular weight is 501 g/mol. The molecule has 0 atom stereocenters. The summed E-state index contributed by atoms with van der Waals surface area (Å²) in [5.41, 5.74) is 2.77. The molecule has 0 radical (unpaired) electrons. The van der Waals surface area contributed by atoms with Gasteiger partial charge in [0.15, 0.2) is 11.5 Å². The number of aryl methyl sites for hydroxylation is 1. The van der Waals surface area contributed by atoms with Gasteiger partial charge in [0.1, 0.15) is 23.6 Å². The average Bonchev–Trinajstić information content (AvgIpc) is 2.89. The van der Waals surface area contributed by atoms with Crippen molar-refractivity contribution in [3.05, 3.63) is 72.1 Å². The first kappa shape index (κ1) is 25.8. The quantitative estimate of drug-likeness (QED) is 0.274. The Morgan fingerprint density at radius 1 is 0.946 bits per heavy atom. The van der Waals surface area contributed by atoms with Crippen molar-refractivity contribution < 1.29 is 19.0 Å². The minimum Gasteiger partial charge on any atom is -0.493 e. The molecular formula is C29H32N4O4. The number of fused-ring (bicyclic) bond motifs is 1. The van der Waals surface area contributed by atoms with Crippen molar-refractivity contribution in [2.24, 2.45) is 0 Å². The monoisotopic (exact) mass is 500 g/mol. The number of carbonyl (C=O) groups excluding carboxylic acids is 1.